The Labute approximate surface area is 107 Å². The van der Waals surface area contributed by atoms with Gasteiger partial charge in [0.2, 0.25) is 0 Å². The fourth-order valence-electron chi connectivity index (χ4n) is 2.65. The average Bonchev–Trinajstić information content (AvgIpc) is 2.73. The van der Waals surface area contributed by atoms with E-state index in [0.717, 1.165) is 31.4 Å². The van der Waals surface area contributed by atoms with Gasteiger partial charge in [0.1, 0.15) is 5.54 Å². The van der Waals surface area contributed by atoms with Gasteiger partial charge in [-0.25, -0.2) is 0 Å². The van der Waals surface area contributed by atoms with Crippen LogP contribution in [0.4, 0.5) is 0 Å². The van der Waals surface area contributed by atoms with Gasteiger partial charge in [0.25, 0.3) is 0 Å². The van der Waals surface area contributed by atoms with Gasteiger partial charge in [-0.15, -0.1) is 0 Å². The monoisotopic (exact) mass is 261 g/mol. The fraction of sp³-hybridized carbons (Fsp3) is 0.917. The summed E-state index contributed by atoms with van der Waals surface area (Å²) >= 11 is 1.72. The fourth-order valence-corrected chi connectivity index (χ4v) is 3.58. The summed E-state index contributed by atoms with van der Waals surface area (Å²) in [7, 11) is 1.75. The van der Waals surface area contributed by atoms with Gasteiger partial charge in [0.15, 0.2) is 0 Å². The maximum atomic E-state index is 11.4. The molecule has 17 heavy (non-hydrogen) atoms. The first kappa shape index (κ1) is 14.8. The summed E-state index contributed by atoms with van der Waals surface area (Å²) in [4.78, 5) is 11.4. The molecule has 0 heterocycles. The highest BCUT2D eigenvalue weighted by Gasteiger charge is 2.47. The molecule has 0 aromatic heterocycles. The van der Waals surface area contributed by atoms with Crippen molar-refractivity contribution in [2.75, 3.05) is 19.4 Å². The van der Waals surface area contributed by atoms with Crippen LogP contribution in [0.25, 0.3) is 0 Å². The molecule has 0 radical (unpaired) electrons. The van der Waals surface area contributed by atoms with E-state index in [1.54, 1.807) is 18.8 Å². The van der Waals surface area contributed by atoms with Gasteiger partial charge in [0.05, 0.1) is 6.61 Å². The number of hydrogen-bond acceptors (Lipinski definition) is 4. The first-order valence-electron chi connectivity index (χ1n) is 6.21. The Balaban J connectivity index is 2.49. The minimum Gasteiger partial charge on any atom is -0.480 e. The largest absolute Gasteiger partial charge is 0.480 e. The lowest BCUT2D eigenvalue weighted by Gasteiger charge is -2.31. The van der Waals surface area contributed by atoms with E-state index in [1.165, 1.54) is 0 Å². The standard InChI is InChI=1S/C12H23NO3S/c1-9(8-14)17-7-5-10-4-3-6-12(10,13-2)11(15)16/h9-10,13-14H,3-8H2,1-2H3,(H,15,16). The molecule has 1 aliphatic carbocycles. The summed E-state index contributed by atoms with van der Waals surface area (Å²) in [5, 5.41) is 21.6. The summed E-state index contributed by atoms with van der Waals surface area (Å²) in [6.07, 6.45) is 3.60. The van der Waals surface area contributed by atoms with Crippen LogP contribution < -0.4 is 5.32 Å². The van der Waals surface area contributed by atoms with Gasteiger partial charge in [-0.1, -0.05) is 13.3 Å². The van der Waals surface area contributed by atoms with Crippen LogP contribution in [-0.2, 0) is 4.79 Å². The van der Waals surface area contributed by atoms with Crippen LogP contribution in [-0.4, -0.2) is 46.4 Å². The summed E-state index contributed by atoms with van der Waals surface area (Å²) in [5.74, 6) is 0.412. The van der Waals surface area contributed by atoms with E-state index >= 15 is 0 Å². The van der Waals surface area contributed by atoms with Crippen LogP contribution in [0.15, 0.2) is 0 Å². The smallest absolute Gasteiger partial charge is 0.324 e. The highest BCUT2D eigenvalue weighted by molar-refractivity contribution is 7.99. The molecule has 0 aliphatic heterocycles. The second kappa shape index (κ2) is 6.61. The second-order valence-corrected chi connectivity index (χ2v) is 6.31. The van der Waals surface area contributed by atoms with Gasteiger partial charge >= 0.3 is 5.97 Å². The number of thioether (sulfide) groups is 1. The number of carboxylic acids is 1. The number of hydrogen-bond donors (Lipinski definition) is 3. The van der Waals surface area contributed by atoms with Crippen LogP contribution in [0, 0.1) is 5.92 Å². The number of rotatable bonds is 7. The zero-order chi connectivity index (χ0) is 12.9. The molecule has 1 rings (SSSR count). The van der Waals surface area contributed by atoms with E-state index < -0.39 is 11.5 Å². The Kier molecular flexibility index (Phi) is 5.76. The number of nitrogens with one attached hydrogen (secondary N) is 1. The molecule has 100 valence electrons. The average molecular weight is 261 g/mol. The molecule has 1 fully saturated rings. The Morgan fingerprint density at radius 3 is 2.88 bits per heavy atom. The van der Waals surface area contributed by atoms with E-state index in [0.29, 0.717) is 0 Å². The van der Waals surface area contributed by atoms with E-state index in [1.807, 2.05) is 6.92 Å². The lowest BCUT2D eigenvalue weighted by Crippen LogP contribution is -2.53. The van der Waals surface area contributed by atoms with E-state index in [-0.39, 0.29) is 17.8 Å². The zero-order valence-corrected chi connectivity index (χ0v) is 11.4. The molecule has 5 heteroatoms. The van der Waals surface area contributed by atoms with Crippen LogP contribution >= 0.6 is 11.8 Å². The maximum Gasteiger partial charge on any atom is 0.324 e. The van der Waals surface area contributed by atoms with Crippen molar-refractivity contribution in [1.29, 1.82) is 0 Å². The van der Waals surface area contributed by atoms with Crippen LogP contribution in [0.2, 0.25) is 0 Å². The van der Waals surface area contributed by atoms with Crippen LogP contribution in [0.1, 0.15) is 32.6 Å². The number of aliphatic hydroxyl groups is 1. The van der Waals surface area contributed by atoms with Crippen molar-refractivity contribution in [3.05, 3.63) is 0 Å². The Hall–Kier alpha value is -0.260. The second-order valence-electron chi connectivity index (χ2n) is 4.77. The van der Waals surface area contributed by atoms with Crippen molar-refractivity contribution in [2.45, 2.75) is 43.4 Å². The highest BCUT2D eigenvalue weighted by Crippen LogP contribution is 2.38. The number of carboxylic acid groups (broad SMARTS) is 1. The summed E-state index contributed by atoms with van der Waals surface area (Å²) < 4.78 is 0. The summed E-state index contributed by atoms with van der Waals surface area (Å²) in [6.45, 7) is 2.17. The molecule has 0 aromatic rings. The maximum absolute atomic E-state index is 11.4. The van der Waals surface area contributed by atoms with Gasteiger partial charge in [-0.2, -0.15) is 11.8 Å². The zero-order valence-electron chi connectivity index (χ0n) is 10.6. The molecule has 0 amide bonds. The molecule has 3 N–H and O–H groups in total. The van der Waals surface area contributed by atoms with Crippen LogP contribution in [0.3, 0.4) is 0 Å². The Bertz CT molecular complexity index is 262. The number of aliphatic carboxylic acids is 1. The van der Waals surface area contributed by atoms with Crippen molar-refractivity contribution >= 4 is 17.7 Å². The van der Waals surface area contributed by atoms with E-state index in [2.05, 4.69) is 5.32 Å². The molecule has 1 aliphatic rings. The Morgan fingerprint density at radius 2 is 2.35 bits per heavy atom. The van der Waals surface area contributed by atoms with Gasteiger partial charge < -0.3 is 15.5 Å². The lowest BCUT2D eigenvalue weighted by atomic mass is 9.85. The third kappa shape index (κ3) is 3.36. The third-order valence-electron chi connectivity index (χ3n) is 3.77. The normalized spacial score (nSPS) is 30.4. The lowest BCUT2D eigenvalue weighted by molar-refractivity contribution is -0.146. The first-order valence-corrected chi connectivity index (χ1v) is 7.26. The molecule has 3 unspecified atom stereocenters. The molecule has 0 saturated heterocycles. The number of carbonyl (C=O) groups is 1. The minimum absolute atomic E-state index is 0.186. The predicted molar refractivity (Wildman–Crippen MR) is 70.4 cm³/mol. The van der Waals surface area contributed by atoms with Crippen molar-refractivity contribution in [3.8, 4) is 0 Å². The molecular formula is C12H23NO3S. The predicted octanol–water partition coefficient (Wildman–Crippen LogP) is 1.33. The van der Waals surface area contributed by atoms with Crippen molar-refractivity contribution in [1.82, 2.24) is 5.32 Å². The minimum atomic E-state index is -0.720. The molecule has 0 bridgehead atoms. The molecule has 1 saturated carbocycles. The van der Waals surface area contributed by atoms with Crippen molar-refractivity contribution in [3.63, 3.8) is 0 Å². The molecule has 3 atom stereocenters. The van der Waals surface area contributed by atoms with Crippen molar-refractivity contribution in [2.24, 2.45) is 5.92 Å². The van der Waals surface area contributed by atoms with Crippen LogP contribution in [0.5, 0.6) is 0 Å². The number of aliphatic hydroxyl groups excluding tert-OH is 1. The molecular weight excluding hydrogens is 238 g/mol. The Morgan fingerprint density at radius 1 is 1.65 bits per heavy atom. The molecule has 0 spiro atoms. The third-order valence-corrected chi connectivity index (χ3v) is 4.96. The highest BCUT2D eigenvalue weighted by atomic mass is 32.2. The van der Waals surface area contributed by atoms with Gasteiger partial charge in [-0.05, 0) is 38.0 Å². The quantitative estimate of drug-likeness (QED) is 0.645. The topological polar surface area (TPSA) is 69.6 Å². The first-order chi connectivity index (χ1) is 8.06. The molecule has 0 aromatic carbocycles. The summed E-state index contributed by atoms with van der Waals surface area (Å²) in [5.41, 5.74) is -0.719. The van der Waals surface area contributed by atoms with Gasteiger partial charge in [0, 0.05) is 5.25 Å². The van der Waals surface area contributed by atoms with E-state index in [4.69, 9.17) is 5.11 Å². The van der Waals surface area contributed by atoms with Crippen molar-refractivity contribution < 1.29 is 15.0 Å². The number of likely N-dealkylation sites (N-methyl/N-ethyl adjacent to an activating group) is 1. The van der Waals surface area contributed by atoms with E-state index in [9.17, 15) is 9.90 Å². The summed E-state index contributed by atoms with van der Waals surface area (Å²) in [6, 6.07) is 0. The molecule has 4 nitrogen and oxygen atoms in total. The van der Waals surface area contributed by atoms with Gasteiger partial charge in [-0.3, -0.25) is 4.79 Å². The SMILES string of the molecule is CNC1(C(=O)O)CCCC1CCSC(C)CO.